The third kappa shape index (κ3) is 3.26. The summed E-state index contributed by atoms with van der Waals surface area (Å²) in [6, 6.07) is 11.8. The van der Waals surface area contributed by atoms with Crippen LogP contribution in [0.3, 0.4) is 0 Å². The highest BCUT2D eigenvalue weighted by Crippen LogP contribution is 2.32. The molecular weight excluding hydrogens is 294 g/mol. The largest absolute Gasteiger partial charge is 0.334 e. The highest BCUT2D eigenvalue weighted by atomic mass is 32.2. The summed E-state index contributed by atoms with van der Waals surface area (Å²) in [6.45, 7) is 5.95. The Morgan fingerprint density at radius 3 is 2.86 bits per heavy atom. The van der Waals surface area contributed by atoms with E-state index in [1.807, 2.05) is 37.3 Å². The van der Waals surface area contributed by atoms with E-state index in [1.54, 1.807) is 24.2 Å². The maximum atomic E-state index is 5.43. The predicted octanol–water partition coefficient (Wildman–Crippen LogP) is 4.47. The number of hydrogen-bond acceptors (Lipinski definition) is 5. The van der Waals surface area contributed by atoms with Gasteiger partial charge in [-0.05, 0) is 31.2 Å². The summed E-state index contributed by atoms with van der Waals surface area (Å²) < 4.78 is 5.43. The first kappa shape index (κ1) is 14.5. The van der Waals surface area contributed by atoms with Crippen molar-refractivity contribution in [3.05, 3.63) is 60.9 Å². The van der Waals surface area contributed by atoms with Gasteiger partial charge in [-0.2, -0.15) is 4.98 Å². The smallest absolute Gasteiger partial charge is 0.259 e. The van der Waals surface area contributed by atoms with Gasteiger partial charge in [-0.3, -0.25) is 4.98 Å². The number of aromatic nitrogens is 3. The lowest BCUT2D eigenvalue weighted by Gasteiger charge is -2.05. The first-order valence-electron chi connectivity index (χ1n) is 6.85. The summed E-state index contributed by atoms with van der Waals surface area (Å²) in [5.74, 6) is 1.92. The van der Waals surface area contributed by atoms with Gasteiger partial charge in [-0.1, -0.05) is 29.4 Å². The van der Waals surface area contributed by atoms with E-state index >= 15 is 0 Å². The third-order valence-corrected chi connectivity index (χ3v) is 4.24. The van der Waals surface area contributed by atoms with Gasteiger partial charge in [0, 0.05) is 28.6 Å². The molecule has 0 saturated heterocycles. The molecule has 0 aliphatic heterocycles. The molecule has 22 heavy (non-hydrogen) atoms. The molecule has 0 bridgehead atoms. The van der Waals surface area contributed by atoms with Gasteiger partial charge in [0.05, 0.1) is 5.56 Å². The van der Waals surface area contributed by atoms with Gasteiger partial charge in [0.15, 0.2) is 0 Å². The standard InChI is InChI=1S/C17H15N3OS/c1-12(2)11-22-15-8-4-3-7-14(15)17-19-16(20-21-17)13-6-5-9-18-10-13/h3-10H,1,11H2,2H3. The SMILES string of the molecule is C=C(C)CSc1ccccc1-c1nc(-c2cccnc2)no1. The molecule has 110 valence electrons. The fourth-order valence-corrected chi connectivity index (χ4v) is 2.80. The maximum absolute atomic E-state index is 5.43. The van der Waals surface area contributed by atoms with E-state index in [4.69, 9.17) is 4.52 Å². The molecule has 0 unspecified atom stereocenters. The van der Waals surface area contributed by atoms with Crippen molar-refractivity contribution >= 4 is 11.8 Å². The topological polar surface area (TPSA) is 51.8 Å². The molecule has 0 saturated carbocycles. The number of hydrogen-bond donors (Lipinski definition) is 0. The van der Waals surface area contributed by atoms with Crippen molar-refractivity contribution in [3.63, 3.8) is 0 Å². The van der Waals surface area contributed by atoms with Crippen LogP contribution in [0.25, 0.3) is 22.8 Å². The first-order chi connectivity index (χ1) is 10.7. The van der Waals surface area contributed by atoms with Crippen molar-refractivity contribution in [3.8, 4) is 22.8 Å². The Morgan fingerprint density at radius 1 is 1.23 bits per heavy atom. The van der Waals surface area contributed by atoms with Crippen LogP contribution in [0, 0.1) is 0 Å². The number of pyridine rings is 1. The lowest BCUT2D eigenvalue weighted by atomic mass is 10.2. The second kappa shape index (κ2) is 6.58. The van der Waals surface area contributed by atoms with Gasteiger partial charge in [-0.15, -0.1) is 11.8 Å². The molecule has 0 fully saturated rings. The van der Waals surface area contributed by atoms with E-state index in [0.29, 0.717) is 11.7 Å². The minimum Gasteiger partial charge on any atom is -0.334 e. The lowest BCUT2D eigenvalue weighted by molar-refractivity contribution is 0.431. The van der Waals surface area contributed by atoms with Gasteiger partial charge in [0.2, 0.25) is 5.82 Å². The Bertz CT molecular complexity index is 783. The van der Waals surface area contributed by atoms with Gasteiger partial charge in [0.1, 0.15) is 0 Å². The van der Waals surface area contributed by atoms with Crippen molar-refractivity contribution in [2.45, 2.75) is 11.8 Å². The van der Waals surface area contributed by atoms with Crippen LogP contribution in [0.1, 0.15) is 6.92 Å². The minimum atomic E-state index is 0.517. The molecule has 4 nitrogen and oxygen atoms in total. The summed E-state index contributed by atoms with van der Waals surface area (Å²) in [6.07, 6.45) is 3.43. The molecule has 0 amide bonds. The normalized spacial score (nSPS) is 10.6. The molecule has 0 radical (unpaired) electrons. The molecule has 0 spiro atoms. The molecule has 1 aromatic carbocycles. The first-order valence-corrected chi connectivity index (χ1v) is 7.83. The fraction of sp³-hybridized carbons (Fsp3) is 0.118. The second-order valence-corrected chi connectivity index (χ2v) is 5.92. The van der Waals surface area contributed by atoms with Crippen LogP contribution in [0.15, 0.2) is 70.4 Å². The Labute approximate surface area is 133 Å². The van der Waals surface area contributed by atoms with Crippen molar-refractivity contribution < 1.29 is 4.52 Å². The highest BCUT2D eigenvalue weighted by molar-refractivity contribution is 7.99. The van der Waals surface area contributed by atoms with Crippen molar-refractivity contribution in [1.29, 1.82) is 0 Å². The quantitative estimate of drug-likeness (QED) is 0.514. The molecule has 0 aliphatic carbocycles. The van der Waals surface area contributed by atoms with Crippen molar-refractivity contribution in [1.82, 2.24) is 15.1 Å². The number of benzene rings is 1. The van der Waals surface area contributed by atoms with E-state index in [0.717, 1.165) is 27.3 Å². The monoisotopic (exact) mass is 309 g/mol. The zero-order chi connectivity index (χ0) is 15.4. The minimum absolute atomic E-state index is 0.517. The van der Waals surface area contributed by atoms with Crippen molar-refractivity contribution in [2.24, 2.45) is 0 Å². The Balaban J connectivity index is 1.92. The zero-order valence-corrected chi connectivity index (χ0v) is 13.0. The zero-order valence-electron chi connectivity index (χ0n) is 12.2. The maximum Gasteiger partial charge on any atom is 0.259 e. The van der Waals surface area contributed by atoms with Crippen LogP contribution in [0.2, 0.25) is 0 Å². The average molecular weight is 309 g/mol. The second-order valence-electron chi connectivity index (χ2n) is 4.91. The predicted molar refractivity (Wildman–Crippen MR) is 88.5 cm³/mol. The molecule has 2 aromatic heterocycles. The Morgan fingerprint density at radius 2 is 2.09 bits per heavy atom. The van der Waals surface area contributed by atoms with Gasteiger partial charge >= 0.3 is 0 Å². The summed E-state index contributed by atoms with van der Waals surface area (Å²) in [5, 5.41) is 4.05. The Hall–Kier alpha value is -2.40. The van der Waals surface area contributed by atoms with Crippen molar-refractivity contribution in [2.75, 3.05) is 5.75 Å². The summed E-state index contributed by atoms with van der Waals surface area (Å²) in [5.41, 5.74) is 2.90. The number of rotatable bonds is 5. The van der Waals surface area contributed by atoms with Gasteiger partial charge < -0.3 is 4.52 Å². The molecule has 5 heteroatoms. The number of thioether (sulfide) groups is 1. The molecule has 0 aliphatic rings. The summed E-state index contributed by atoms with van der Waals surface area (Å²) >= 11 is 1.72. The van der Waals surface area contributed by atoms with Gasteiger partial charge in [0.25, 0.3) is 5.89 Å². The third-order valence-electron chi connectivity index (χ3n) is 2.94. The fourth-order valence-electron chi connectivity index (χ4n) is 1.92. The summed E-state index contributed by atoms with van der Waals surface area (Å²) in [4.78, 5) is 9.66. The molecular formula is C17H15N3OS. The van der Waals surface area contributed by atoms with Crippen LogP contribution in [-0.4, -0.2) is 20.9 Å². The summed E-state index contributed by atoms with van der Waals surface area (Å²) in [7, 11) is 0. The molecule has 3 rings (SSSR count). The molecule has 3 aromatic rings. The van der Waals surface area contributed by atoms with Crippen LogP contribution in [0.5, 0.6) is 0 Å². The van der Waals surface area contributed by atoms with Crippen LogP contribution in [-0.2, 0) is 0 Å². The van der Waals surface area contributed by atoms with E-state index < -0.39 is 0 Å². The Kier molecular flexibility index (Phi) is 4.34. The van der Waals surface area contributed by atoms with Crippen LogP contribution >= 0.6 is 11.8 Å². The van der Waals surface area contributed by atoms with Crippen LogP contribution in [0.4, 0.5) is 0 Å². The molecule has 0 N–H and O–H groups in total. The van der Waals surface area contributed by atoms with Gasteiger partial charge in [-0.25, -0.2) is 0 Å². The highest BCUT2D eigenvalue weighted by Gasteiger charge is 2.14. The van der Waals surface area contributed by atoms with E-state index in [9.17, 15) is 0 Å². The number of nitrogens with zero attached hydrogens (tertiary/aromatic N) is 3. The van der Waals surface area contributed by atoms with Crippen LogP contribution < -0.4 is 0 Å². The lowest BCUT2D eigenvalue weighted by Crippen LogP contribution is -1.86. The van der Waals surface area contributed by atoms with E-state index in [1.165, 1.54) is 0 Å². The molecule has 2 heterocycles. The average Bonchev–Trinajstić information content (AvgIpc) is 3.04. The van der Waals surface area contributed by atoms with E-state index in [2.05, 4.69) is 27.8 Å². The molecule has 0 atom stereocenters. The van der Waals surface area contributed by atoms with E-state index in [-0.39, 0.29) is 0 Å².